The highest BCUT2D eigenvalue weighted by molar-refractivity contribution is 7.85. The van der Waals surface area contributed by atoms with E-state index in [9.17, 15) is 23.4 Å². The van der Waals surface area contributed by atoms with Gasteiger partial charge >= 0.3 is 0 Å². The lowest BCUT2D eigenvalue weighted by atomic mass is 9.43. The molecule has 36 heavy (non-hydrogen) atoms. The average Bonchev–Trinajstić information content (AvgIpc) is 3.09. The Labute approximate surface area is 216 Å². The number of carbonyl (C=O) groups excluding carboxylic acids is 1. The van der Waals surface area contributed by atoms with Crippen LogP contribution in [0.1, 0.15) is 85.0 Å². The number of hydrogen-bond donors (Lipinski definition) is 4. The molecule has 0 heterocycles. The molecular formula is C26H49NO8S. The van der Waals surface area contributed by atoms with E-state index in [1.165, 1.54) is 6.42 Å². The lowest BCUT2D eigenvalue weighted by molar-refractivity contribution is -0.174. The number of rotatable bonds is 7. The zero-order chi connectivity index (χ0) is 24.9. The first-order valence-corrected chi connectivity index (χ1v) is 15.0. The predicted molar refractivity (Wildman–Crippen MR) is 138 cm³/mol. The molecule has 0 bridgehead atoms. The predicted octanol–water partition coefficient (Wildman–Crippen LogP) is 1.75. The molecule has 0 aliphatic heterocycles. The summed E-state index contributed by atoms with van der Waals surface area (Å²) >= 11 is 0. The van der Waals surface area contributed by atoms with Crippen molar-refractivity contribution in [1.29, 1.82) is 0 Å². The van der Waals surface area contributed by atoms with Crippen molar-refractivity contribution in [3.8, 4) is 0 Å². The average molecular weight is 536 g/mol. The molecule has 10 heteroatoms. The second-order valence-electron chi connectivity index (χ2n) is 12.6. The molecule has 0 aromatic heterocycles. The minimum atomic E-state index is -4.06. The molecule has 0 aromatic rings. The standard InChI is InChI=1S/C26H45NO6S.2H2O/c1-16(4-7-23(30)27-12-13-34(31,32)33)19-5-6-20-24-21(9-11-26(19,20)3)25(2)10-8-18(28)14-17(25)15-22(24)29;;/h16-22,24,28-29H,4-15H2,1-3H3,(H,27,30)(H,31,32,33);2*1H2/t16?,17?,18-,19-,20?,21?,22-,24?,25+,26-;;/m1../s1. The van der Waals surface area contributed by atoms with Crippen LogP contribution in [0.3, 0.4) is 0 Å². The highest BCUT2D eigenvalue weighted by atomic mass is 32.2. The first kappa shape index (κ1) is 31.4. The van der Waals surface area contributed by atoms with E-state index in [4.69, 9.17) is 4.55 Å². The Hall–Kier alpha value is -0.780. The number of aliphatic hydroxyl groups is 2. The fourth-order valence-corrected chi connectivity index (χ4v) is 9.50. The molecule has 4 saturated carbocycles. The Kier molecular flexibility index (Phi) is 10.1. The fraction of sp³-hybridized carbons (Fsp3) is 0.962. The highest BCUT2D eigenvalue weighted by Crippen LogP contribution is 2.68. The van der Waals surface area contributed by atoms with Gasteiger partial charge in [0.1, 0.15) is 0 Å². The van der Waals surface area contributed by atoms with Gasteiger partial charge in [0, 0.05) is 13.0 Å². The fourth-order valence-electron chi connectivity index (χ4n) is 9.14. The third-order valence-corrected chi connectivity index (χ3v) is 11.6. The van der Waals surface area contributed by atoms with Crippen LogP contribution in [-0.4, -0.2) is 64.5 Å². The molecule has 4 rings (SSSR count). The Morgan fingerprint density at radius 3 is 2.31 bits per heavy atom. The van der Waals surface area contributed by atoms with Gasteiger partial charge in [-0.25, -0.2) is 0 Å². The molecule has 212 valence electrons. The lowest BCUT2D eigenvalue weighted by Gasteiger charge is -2.62. The van der Waals surface area contributed by atoms with Gasteiger partial charge in [-0.2, -0.15) is 8.42 Å². The summed E-state index contributed by atoms with van der Waals surface area (Å²) in [5, 5.41) is 24.2. The zero-order valence-electron chi connectivity index (χ0n) is 22.1. The van der Waals surface area contributed by atoms with Crippen molar-refractivity contribution >= 4 is 16.0 Å². The van der Waals surface area contributed by atoms with Crippen LogP contribution in [0.5, 0.6) is 0 Å². The van der Waals surface area contributed by atoms with Crippen LogP contribution < -0.4 is 5.32 Å². The topological polar surface area (TPSA) is 187 Å². The van der Waals surface area contributed by atoms with Crippen molar-refractivity contribution in [3.05, 3.63) is 0 Å². The zero-order valence-corrected chi connectivity index (χ0v) is 22.9. The molecule has 5 unspecified atom stereocenters. The summed E-state index contributed by atoms with van der Waals surface area (Å²) in [7, 11) is -4.06. The maximum absolute atomic E-state index is 12.2. The first-order chi connectivity index (χ1) is 15.8. The van der Waals surface area contributed by atoms with E-state index in [0.29, 0.717) is 41.9 Å². The van der Waals surface area contributed by atoms with Gasteiger partial charge < -0.3 is 26.5 Å². The summed E-state index contributed by atoms with van der Waals surface area (Å²) in [6, 6.07) is 0. The Balaban J connectivity index is 0.00000228. The molecule has 0 saturated heterocycles. The molecular weight excluding hydrogens is 486 g/mol. The second kappa shape index (κ2) is 11.5. The monoisotopic (exact) mass is 535 g/mol. The third kappa shape index (κ3) is 5.94. The summed E-state index contributed by atoms with van der Waals surface area (Å²) in [5.41, 5.74) is 0.411. The number of amides is 1. The van der Waals surface area contributed by atoms with Crippen LogP contribution >= 0.6 is 0 Å². The van der Waals surface area contributed by atoms with Crippen molar-refractivity contribution in [1.82, 2.24) is 5.32 Å². The Bertz CT molecular complexity index is 868. The summed E-state index contributed by atoms with van der Waals surface area (Å²) < 4.78 is 30.5. The summed E-state index contributed by atoms with van der Waals surface area (Å²) in [6.07, 6.45) is 8.87. The van der Waals surface area contributed by atoms with E-state index < -0.39 is 15.9 Å². The van der Waals surface area contributed by atoms with Crippen LogP contribution in [-0.2, 0) is 14.9 Å². The van der Waals surface area contributed by atoms with Crippen LogP contribution in [0.25, 0.3) is 0 Å². The SMILES string of the molecule is CC(CCC(=O)NCCS(=O)(=O)O)[C@H]1CCC2C3C(CC[C@@]21C)[C@@]1(C)CC[C@@H](O)CC1C[C@H]3O.O.O. The molecule has 8 N–H and O–H groups in total. The quantitative estimate of drug-likeness (QED) is 0.359. The van der Waals surface area contributed by atoms with Crippen LogP contribution in [0.4, 0.5) is 0 Å². The van der Waals surface area contributed by atoms with Crippen LogP contribution in [0, 0.1) is 46.3 Å². The molecule has 10 atom stereocenters. The Morgan fingerprint density at radius 2 is 1.64 bits per heavy atom. The highest BCUT2D eigenvalue weighted by Gasteiger charge is 2.62. The second-order valence-corrected chi connectivity index (χ2v) is 14.2. The van der Waals surface area contributed by atoms with Crippen molar-refractivity contribution in [2.75, 3.05) is 12.3 Å². The van der Waals surface area contributed by atoms with E-state index in [0.717, 1.165) is 51.4 Å². The van der Waals surface area contributed by atoms with Gasteiger partial charge in [-0.05, 0) is 104 Å². The minimum Gasteiger partial charge on any atom is -0.412 e. The minimum absolute atomic E-state index is 0. The van der Waals surface area contributed by atoms with Crippen LogP contribution in [0.2, 0.25) is 0 Å². The van der Waals surface area contributed by atoms with E-state index >= 15 is 0 Å². The van der Waals surface area contributed by atoms with E-state index in [2.05, 4.69) is 26.1 Å². The van der Waals surface area contributed by atoms with Gasteiger partial charge in [0.05, 0.1) is 18.0 Å². The van der Waals surface area contributed by atoms with Gasteiger partial charge in [0.15, 0.2) is 0 Å². The number of aliphatic hydroxyl groups excluding tert-OH is 2. The molecule has 0 aromatic carbocycles. The summed E-state index contributed by atoms with van der Waals surface area (Å²) in [4.78, 5) is 12.2. The molecule has 0 spiro atoms. The normalized spacial score (nSPS) is 42.6. The van der Waals surface area contributed by atoms with Crippen molar-refractivity contribution in [2.45, 2.75) is 97.2 Å². The third-order valence-electron chi connectivity index (χ3n) is 10.9. The van der Waals surface area contributed by atoms with Crippen molar-refractivity contribution in [2.24, 2.45) is 46.3 Å². The summed E-state index contributed by atoms with van der Waals surface area (Å²) in [5.74, 6) is 2.10. The number of nitrogens with one attached hydrogen (secondary N) is 1. The number of carbonyl (C=O) groups is 1. The van der Waals surface area contributed by atoms with Gasteiger partial charge in [-0.1, -0.05) is 20.8 Å². The van der Waals surface area contributed by atoms with Crippen molar-refractivity contribution < 1.29 is 38.9 Å². The molecule has 4 aliphatic carbocycles. The molecule has 0 radical (unpaired) electrons. The van der Waals surface area contributed by atoms with Crippen molar-refractivity contribution in [3.63, 3.8) is 0 Å². The van der Waals surface area contributed by atoms with E-state index in [1.54, 1.807) is 0 Å². The summed E-state index contributed by atoms with van der Waals surface area (Å²) in [6.45, 7) is 7.05. The molecule has 1 amide bonds. The molecule has 4 aliphatic rings. The molecule has 9 nitrogen and oxygen atoms in total. The van der Waals surface area contributed by atoms with Gasteiger partial charge in [-0.15, -0.1) is 0 Å². The van der Waals surface area contributed by atoms with Gasteiger partial charge in [0.25, 0.3) is 10.1 Å². The van der Waals surface area contributed by atoms with Crippen LogP contribution in [0.15, 0.2) is 0 Å². The first-order valence-electron chi connectivity index (χ1n) is 13.4. The maximum Gasteiger partial charge on any atom is 0.266 e. The smallest absolute Gasteiger partial charge is 0.266 e. The lowest BCUT2D eigenvalue weighted by Crippen LogP contribution is -2.58. The number of fused-ring (bicyclic) bond motifs is 5. The maximum atomic E-state index is 12.2. The largest absolute Gasteiger partial charge is 0.412 e. The van der Waals surface area contributed by atoms with E-state index in [1.807, 2.05) is 0 Å². The molecule has 4 fully saturated rings. The van der Waals surface area contributed by atoms with Gasteiger partial charge in [0.2, 0.25) is 5.91 Å². The van der Waals surface area contributed by atoms with Gasteiger partial charge in [-0.3, -0.25) is 9.35 Å². The number of hydrogen-bond acceptors (Lipinski definition) is 5. The van der Waals surface area contributed by atoms with E-state index in [-0.39, 0.29) is 46.4 Å². The Morgan fingerprint density at radius 1 is 1.00 bits per heavy atom.